The average molecular weight is 118 g/mol. The molecule has 3 heteroatoms. The minimum absolute atomic E-state index is 0.0159. The lowest BCUT2D eigenvalue weighted by Gasteiger charge is -2.01. The molecule has 0 aromatic heterocycles. The third-order valence-corrected chi connectivity index (χ3v) is 1.21. The zero-order valence-corrected chi connectivity index (χ0v) is 4.58. The molecule has 2 atom stereocenters. The lowest BCUT2D eigenvalue weighted by molar-refractivity contribution is 0.103. The van der Waals surface area contributed by atoms with Crippen molar-refractivity contribution in [3.63, 3.8) is 0 Å². The Morgan fingerprint density at radius 3 is 2.75 bits per heavy atom. The van der Waals surface area contributed by atoms with E-state index in [-0.39, 0.29) is 12.7 Å². The molecule has 0 spiro atoms. The molecule has 1 aliphatic rings. The zero-order chi connectivity index (χ0) is 5.98. The second-order valence-corrected chi connectivity index (χ2v) is 1.95. The van der Waals surface area contributed by atoms with Crippen molar-refractivity contribution in [2.24, 2.45) is 0 Å². The van der Waals surface area contributed by atoms with Crippen LogP contribution in [0.15, 0.2) is 0 Å². The number of aliphatic hydroxyl groups is 2. The molecule has 1 heterocycles. The Kier molecular flexibility index (Phi) is 1.83. The molecule has 0 saturated carbocycles. The van der Waals surface area contributed by atoms with Crippen LogP contribution in [0.5, 0.6) is 0 Å². The van der Waals surface area contributed by atoms with Gasteiger partial charge in [-0.3, -0.25) is 0 Å². The van der Waals surface area contributed by atoms with E-state index in [1.165, 1.54) is 0 Å². The van der Waals surface area contributed by atoms with Gasteiger partial charge in [-0.15, -0.1) is 0 Å². The summed E-state index contributed by atoms with van der Waals surface area (Å²) >= 11 is 0. The summed E-state index contributed by atoms with van der Waals surface area (Å²) in [6.45, 7) is 0.697. The number of epoxide rings is 1. The highest BCUT2D eigenvalue weighted by Gasteiger charge is 2.30. The standard InChI is InChI=1S/C5H10O3/c6-2-1-4(7)5-3-8-5/h4-7H,1-3H2/t4-,5-/m1/s1. The molecule has 0 aromatic carbocycles. The van der Waals surface area contributed by atoms with E-state index in [1.54, 1.807) is 0 Å². The van der Waals surface area contributed by atoms with Crippen molar-refractivity contribution < 1.29 is 14.9 Å². The first-order valence-corrected chi connectivity index (χ1v) is 2.75. The third-order valence-electron chi connectivity index (χ3n) is 1.21. The van der Waals surface area contributed by atoms with Crippen molar-refractivity contribution in [1.82, 2.24) is 0 Å². The first-order valence-electron chi connectivity index (χ1n) is 2.75. The molecular formula is C5H10O3. The Hall–Kier alpha value is -0.120. The Morgan fingerprint density at radius 1 is 1.75 bits per heavy atom. The van der Waals surface area contributed by atoms with Crippen molar-refractivity contribution in [2.75, 3.05) is 13.2 Å². The zero-order valence-electron chi connectivity index (χ0n) is 4.58. The van der Waals surface area contributed by atoms with Gasteiger partial charge in [-0.2, -0.15) is 0 Å². The Balaban J connectivity index is 2.03. The molecule has 3 nitrogen and oxygen atoms in total. The van der Waals surface area contributed by atoms with E-state index in [0.29, 0.717) is 13.0 Å². The van der Waals surface area contributed by atoms with Gasteiger partial charge in [0, 0.05) is 6.61 Å². The van der Waals surface area contributed by atoms with Crippen LogP contribution in [-0.2, 0) is 4.74 Å². The molecule has 0 unspecified atom stereocenters. The van der Waals surface area contributed by atoms with Crippen LogP contribution in [0.25, 0.3) is 0 Å². The van der Waals surface area contributed by atoms with Gasteiger partial charge in [-0.25, -0.2) is 0 Å². The fourth-order valence-electron chi connectivity index (χ4n) is 0.596. The monoisotopic (exact) mass is 118 g/mol. The van der Waals surface area contributed by atoms with Crippen LogP contribution in [-0.4, -0.2) is 35.6 Å². The normalized spacial score (nSPS) is 30.0. The number of aliphatic hydroxyl groups excluding tert-OH is 2. The molecule has 48 valence electrons. The summed E-state index contributed by atoms with van der Waals surface area (Å²) in [6, 6.07) is 0. The lowest BCUT2D eigenvalue weighted by Crippen LogP contribution is -2.15. The maximum Gasteiger partial charge on any atom is 0.107 e. The number of hydrogen-bond donors (Lipinski definition) is 2. The van der Waals surface area contributed by atoms with Crippen molar-refractivity contribution in [3.05, 3.63) is 0 Å². The Labute approximate surface area is 47.9 Å². The molecule has 1 aliphatic heterocycles. The predicted octanol–water partition coefficient (Wildman–Crippen LogP) is -0.872. The lowest BCUT2D eigenvalue weighted by atomic mass is 10.2. The SMILES string of the molecule is OCC[C@@H](O)[C@H]1CO1. The van der Waals surface area contributed by atoms with E-state index in [4.69, 9.17) is 14.9 Å². The van der Waals surface area contributed by atoms with Gasteiger partial charge >= 0.3 is 0 Å². The highest BCUT2D eigenvalue weighted by atomic mass is 16.6. The van der Waals surface area contributed by atoms with Crippen LogP contribution in [0.4, 0.5) is 0 Å². The molecule has 0 radical (unpaired) electrons. The van der Waals surface area contributed by atoms with Crippen LogP contribution >= 0.6 is 0 Å². The topological polar surface area (TPSA) is 53.0 Å². The summed E-state index contributed by atoms with van der Waals surface area (Å²) in [5, 5.41) is 17.2. The molecule has 0 amide bonds. The minimum atomic E-state index is -0.444. The van der Waals surface area contributed by atoms with Crippen LogP contribution in [0.2, 0.25) is 0 Å². The molecule has 0 bridgehead atoms. The molecule has 1 rings (SSSR count). The van der Waals surface area contributed by atoms with Gasteiger partial charge in [-0.05, 0) is 6.42 Å². The molecule has 2 N–H and O–H groups in total. The maximum atomic E-state index is 8.90. The van der Waals surface area contributed by atoms with Crippen molar-refractivity contribution in [1.29, 1.82) is 0 Å². The summed E-state index contributed by atoms with van der Waals surface area (Å²) in [5.74, 6) is 0. The van der Waals surface area contributed by atoms with E-state index >= 15 is 0 Å². The molecule has 0 aromatic rings. The maximum absolute atomic E-state index is 8.90. The number of rotatable bonds is 3. The van der Waals surface area contributed by atoms with Crippen molar-refractivity contribution in [3.8, 4) is 0 Å². The van der Waals surface area contributed by atoms with Gasteiger partial charge < -0.3 is 14.9 Å². The second-order valence-electron chi connectivity index (χ2n) is 1.95. The van der Waals surface area contributed by atoms with Crippen molar-refractivity contribution >= 4 is 0 Å². The van der Waals surface area contributed by atoms with Crippen LogP contribution < -0.4 is 0 Å². The largest absolute Gasteiger partial charge is 0.396 e. The first kappa shape index (κ1) is 6.01. The van der Waals surface area contributed by atoms with Gasteiger partial charge in [0.25, 0.3) is 0 Å². The molecule has 0 aliphatic carbocycles. The second kappa shape index (κ2) is 2.44. The van der Waals surface area contributed by atoms with Gasteiger partial charge in [0.15, 0.2) is 0 Å². The Bertz CT molecular complexity index is 70.1. The van der Waals surface area contributed by atoms with E-state index in [0.717, 1.165) is 0 Å². The van der Waals surface area contributed by atoms with Crippen LogP contribution in [0, 0.1) is 0 Å². The fraction of sp³-hybridized carbons (Fsp3) is 1.00. The van der Waals surface area contributed by atoms with Gasteiger partial charge in [-0.1, -0.05) is 0 Å². The average Bonchev–Trinajstić information content (AvgIpc) is 2.45. The van der Waals surface area contributed by atoms with Crippen LogP contribution in [0.3, 0.4) is 0 Å². The molecule has 8 heavy (non-hydrogen) atoms. The predicted molar refractivity (Wildman–Crippen MR) is 27.4 cm³/mol. The summed E-state index contributed by atoms with van der Waals surface area (Å²) in [6.07, 6.45) is 0.00662. The van der Waals surface area contributed by atoms with E-state index in [1.807, 2.05) is 0 Å². The molecule has 1 fully saturated rings. The summed E-state index contributed by atoms with van der Waals surface area (Å²) in [4.78, 5) is 0. The third kappa shape index (κ3) is 1.43. The summed E-state index contributed by atoms with van der Waals surface area (Å²) in [7, 11) is 0. The molecular weight excluding hydrogens is 108 g/mol. The molecule has 1 saturated heterocycles. The number of ether oxygens (including phenoxy) is 1. The number of hydrogen-bond acceptors (Lipinski definition) is 3. The fourth-order valence-corrected chi connectivity index (χ4v) is 0.596. The summed E-state index contributed by atoms with van der Waals surface area (Å²) in [5.41, 5.74) is 0. The van der Waals surface area contributed by atoms with E-state index < -0.39 is 6.10 Å². The van der Waals surface area contributed by atoms with Crippen LogP contribution in [0.1, 0.15) is 6.42 Å². The highest BCUT2D eigenvalue weighted by Crippen LogP contribution is 2.15. The quantitative estimate of drug-likeness (QED) is 0.473. The van der Waals surface area contributed by atoms with Gasteiger partial charge in [0.1, 0.15) is 6.10 Å². The smallest absolute Gasteiger partial charge is 0.107 e. The van der Waals surface area contributed by atoms with Gasteiger partial charge in [0.2, 0.25) is 0 Å². The Morgan fingerprint density at radius 2 is 2.38 bits per heavy atom. The van der Waals surface area contributed by atoms with Crippen molar-refractivity contribution in [2.45, 2.75) is 18.6 Å². The highest BCUT2D eigenvalue weighted by molar-refractivity contribution is 4.77. The first-order chi connectivity index (χ1) is 3.84. The van der Waals surface area contributed by atoms with Gasteiger partial charge in [0.05, 0.1) is 12.7 Å². The van der Waals surface area contributed by atoms with E-state index in [9.17, 15) is 0 Å². The minimum Gasteiger partial charge on any atom is -0.396 e. The summed E-state index contributed by atoms with van der Waals surface area (Å²) < 4.78 is 4.76. The van der Waals surface area contributed by atoms with E-state index in [2.05, 4.69) is 0 Å².